The highest BCUT2D eigenvalue weighted by molar-refractivity contribution is 7.91. The van der Waals surface area contributed by atoms with Crippen molar-refractivity contribution in [2.75, 3.05) is 11.1 Å². The molecular formula is C40H28N2O20S5. The average Bonchev–Trinajstić information content (AvgIpc) is 3.23. The minimum atomic E-state index is -5.90. The number of hydrogen-bond donors (Lipinski definition) is 7. The molecule has 0 amide bonds. The number of aliphatic hydroxyl groups excluding tert-OH is 1. The lowest BCUT2D eigenvalue weighted by molar-refractivity contribution is -0.140. The minimum absolute atomic E-state index is 0.0263. The zero-order valence-electron chi connectivity index (χ0n) is 33.1. The predicted molar refractivity (Wildman–Crippen MR) is 233 cm³/mol. The van der Waals surface area contributed by atoms with Gasteiger partial charge in [0, 0.05) is 27.0 Å². The smallest absolute Gasteiger partial charge is 0.314 e. The summed E-state index contributed by atoms with van der Waals surface area (Å²) in [6.07, 6.45) is -1.15. The summed E-state index contributed by atoms with van der Waals surface area (Å²) >= 11 is 0. The number of anilines is 2. The fraction of sp³-hybridized carbons (Fsp3) is 0.0750. The van der Waals surface area contributed by atoms with Gasteiger partial charge in [-0.2, -0.15) is 33.7 Å². The quantitative estimate of drug-likeness (QED) is 0.0466. The molecule has 0 saturated carbocycles. The maximum atomic E-state index is 14.5. The second-order valence-corrected chi connectivity index (χ2v) is 22.2. The maximum Gasteiger partial charge on any atom is 0.314 e. The highest BCUT2D eigenvalue weighted by atomic mass is 32.2. The molecule has 5 aromatic carbocycles. The summed E-state index contributed by atoms with van der Waals surface area (Å²) in [5.41, 5.74) is -6.16. The number of aliphatic carboxylic acids is 1. The van der Waals surface area contributed by atoms with Crippen LogP contribution in [0.4, 0.5) is 11.4 Å². The Morgan fingerprint density at radius 2 is 1.15 bits per heavy atom. The normalized spacial score (nSPS) is 13.7. The Balaban J connectivity index is 1.49. The molecule has 5 aromatic rings. The molecule has 67 heavy (non-hydrogen) atoms. The Labute approximate surface area is 376 Å². The van der Waals surface area contributed by atoms with Crippen LogP contribution in [0.5, 0.6) is 0 Å². The number of carboxylic acids is 1. The second-order valence-electron chi connectivity index (χ2n) is 14.5. The van der Waals surface area contributed by atoms with E-state index >= 15 is 0 Å². The molecule has 0 spiro atoms. The first-order valence-corrected chi connectivity index (χ1v) is 25.9. The molecule has 0 bridgehead atoms. The fourth-order valence-corrected chi connectivity index (χ4v) is 11.5. The van der Waals surface area contributed by atoms with Crippen molar-refractivity contribution in [2.45, 2.75) is 30.9 Å². The molecule has 348 valence electrons. The lowest BCUT2D eigenvalue weighted by Gasteiger charge is -2.19. The number of carbonyl (C=O) groups excluding carboxylic acids is 1. The number of nitrogens with zero attached hydrogens (tertiary/aromatic N) is 1. The number of aromatic nitrogens is 1. The van der Waals surface area contributed by atoms with Crippen molar-refractivity contribution >= 4 is 101 Å². The van der Waals surface area contributed by atoms with Crippen molar-refractivity contribution in [1.29, 1.82) is 0 Å². The number of nitrogens with one attached hydrogen (secondary N) is 1. The third kappa shape index (κ3) is 9.05. The molecule has 1 unspecified atom stereocenters. The second kappa shape index (κ2) is 16.8. The third-order valence-electron chi connectivity index (χ3n) is 10.3. The van der Waals surface area contributed by atoms with Gasteiger partial charge in [-0.15, -0.1) is 0 Å². The van der Waals surface area contributed by atoms with E-state index < -0.39 is 160 Å². The number of rotatable bonds is 14. The van der Waals surface area contributed by atoms with Crippen LogP contribution in [0.2, 0.25) is 0 Å². The first-order valence-electron chi connectivity index (χ1n) is 18.4. The first-order chi connectivity index (χ1) is 31.0. The number of fused-ring (bicyclic) bond motifs is 2. The Kier molecular flexibility index (Phi) is 12.1. The van der Waals surface area contributed by atoms with Crippen LogP contribution in [0.25, 0.3) is 27.4 Å². The van der Waals surface area contributed by atoms with Crippen LogP contribution in [-0.2, 0) is 55.1 Å². The molecule has 22 nitrogen and oxygen atoms in total. The summed E-state index contributed by atoms with van der Waals surface area (Å²) < 4.78 is 170. The van der Waals surface area contributed by atoms with E-state index in [2.05, 4.69) is 10.3 Å². The van der Waals surface area contributed by atoms with Gasteiger partial charge < -0.3 is 15.5 Å². The van der Waals surface area contributed by atoms with E-state index in [1.165, 1.54) is 48.5 Å². The lowest BCUT2D eigenvalue weighted by Crippen LogP contribution is -2.33. The van der Waals surface area contributed by atoms with Gasteiger partial charge in [-0.3, -0.25) is 37.4 Å². The van der Waals surface area contributed by atoms with Crippen LogP contribution < -0.4 is 21.5 Å². The molecule has 1 aliphatic carbocycles. The minimum Gasteiger partial charge on any atom is -0.506 e. The Morgan fingerprint density at radius 3 is 1.70 bits per heavy atom. The maximum absolute atomic E-state index is 14.5. The van der Waals surface area contributed by atoms with Crippen LogP contribution in [0.1, 0.15) is 22.3 Å². The Bertz CT molecular complexity index is 4080. The molecule has 1 atom stereocenters. The van der Waals surface area contributed by atoms with Gasteiger partial charge in [-0.1, -0.05) is 66.7 Å². The van der Waals surface area contributed by atoms with Crippen molar-refractivity contribution < 1.29 is 80.1 Å². The van der Waals surface area contributed by atoms with Crippen LogP contribution in [0, 0.1) is 16.4 Å². The topological polar surface area (TPSA) is 385 Å². The van der Waals surface area contributed by atoms with Crippen LogP contribution >= 0.6 is 0 Å². The van der Waals surface area contributed by atoms with E-state index in [0.717, 1.165) is 18.2 Å². The van der Waals surface area contributed by atoms with Gasteiger partial charge in [0.25, 0.3) is 46.0 Å². The Hall–Kier alpha value is -6.82. The largest absolute Gasteiger partial charge is 0.506 e. The van der Waals surface area contributed by atoms with E-state index in [1.54, 1.807) is 6.07 Å². The van der Waals surface area contributed by atoms with Crippen LogP contribution in [-0.4, -0.2) is 93.0 Å². The van der Waals surface area contributed by atoms with Gasteiger partial charge >= 0.3 is 5.97 Å². The van der Waals surface area contributed by atoms with Gasteiger partial charge in [0.15, 0.2) is 21.0 Å². The summed E-state index contributed by atoms with van der Waals surface area (Å²) in [5.74, 6) is -7.73. The number of hydrogen-bond acceptors (Lipinski definition) is 17. The number of carboxylic acid groups (broad SMARTS) is 1. The van der Waals surface area contributed by atoms with Gasteiger partial charge in [-0.25, -0.2) is 13.4 Å². The van der Waals surface area contributed by atoms with Crippen molar-refractivity contribution in [3.8, 4) is 0 Å². The van der Waals surface area contributed by atoms with Crippen LogP contribution in [0.3, 0.4) is 0 Å². The number of sulfone groups is 1. The molecule has 1 heterocycles. The molecular weight excluding hydrogens is 989 g/mol. The molecule has 0 saturated heterocycles. The van der Waals surface area contributed by atoms with E-state index in [-0.39, 0.29) is 33.7 Å². The lowest BCUT2D eigenvalue weighted by atomic mass is 9.95. The summed E-state index contributed by atoms with van der Waals surface area (Å²) in [6.45, 7) is 0. The Morgan fingerprint density at radius 1 is 0.597 bits per heavy atom. The molecule has 2 aliphatic rings. The van der Waals surface area contributed by atoms with Gasteiger partial charge in [0.05, 0.1) is 43.0 Å². The summed E-state index contributed by atoms with van der Waals surface area (Å²) in [6, 6.07) is 16.6. The molecule has 27 heteroatoms. The number of aliphatic hydroxyl groups is 1. The number of carbonyl (C=O) groups is 2. The van der Waals surface area contributed by atoms with Crippen LogP contribution in [0.15, 0.2) is 131 Å². The zero-order chi connectivity index (χ0) is 49.3. The summed E-state index contributed by atoms with van der Waals surface area (Å²) in [7, 11) is -27.5. The van der Waals surface area contributed by atoms with Gasteiger partial charge in [-0.05, 0) is 42.1 Å². The van der Waals surface area contributed by atoms with Gasteiger partial charge in [0.2, 0.25) is 0 Å². The van der Waals surface area contributed by atoms with E-state index in [4.69, 9.17) is 0 Å². The SMILES string of the molecule is O=C(O)C(CCS(=O)(=O)c1cc(S(=O)(=O)O)c(Nc2cc(S(=O)(=O)O)c3nc(=O)c(=C(O)c4ccccc4)c4c5ccccc5c(=O)c2c3=4)c(S(=O)(=O)O)c1)C(=O)c1cccc(S(=O)(=O)O)c1. The highest BCUT2D eigenvalue weighted by Crippen LogP contribution is 2.38. The fourth-order valence-electron chi connectivity index (χ4n) is 7.36. The monoisotopic (exact) mass is 1020 g/mol. The standard InChI is InChI=1S/C40H28N2O20S5/c43-36(20-9-6-10-21(15-20)64(51,52)53)25(40(47)48)13-14-63(49,50)22-16-27(65(54,55)56)34(28(17-22)66(57,58)59)41-26-18-29(67(60,61)62)35-32-30(23-11-4-5-12-24(23)38(45)31(26)32)33(39(46)42-35)37(44)19-7-2-1-3-8-19/h1-12,15-18,25,41,44H,13-14H2,(H,47,48)(H,51,52,53)(H,54,55,56)(H,57,58,59)(H,60,61,62). The van der Waals surface area contributed by atoms with Gasteiger partial charge in [0.1, 0.15) is 26.4 Å². The molecule has 0 aromatic heterocycles. The van der Waals surface area contributed by atoms with E-state index in [1.807, 2.05) is 0 Å². The zero-order valence-corrected chi connectivity index (χ0v) is 37.2. The molecule has 7 rings (SSSR count). The molecule has 7 N–H and O–H groups in total. The third-order valence-corrected chi connectivity index (χ3v) is 15.5. The van der Waals surface area contributed by atoms with Crippen molar-refractivity contribution in [2.24, 2.45) is 5.92 Å². The highest BCUT2D eigenvalue weighted by Gasteiger charge is 2.34. The predicted octanol–water partition coefficient (Wildman–Crippen LogP) is 2.18. The number of ketones is 1. The van der Waals surface area contributed by atoms with E-state index in [9.17, 15) is 89.7 Å². The summed E-state index contributed by atoms with van der Waals surface area (Å²) in [5, 5.41) is 20.9. The van der Waals surface area contributed by atoms with Crippen molar-refractivity contribution in [1.82, 2.24) is 4.98 Å². The van der Waals surface area contributed by atoms with E-state index in [0.29, 0.717) is 12.1 Å². The molecule has 0 radical (unpaired) electrons. The molecule has 0 fully saturated rings. The number of benzene rings is 5. The van der Waals surface area contributed by atoms with Crippen molar-refractivity contribution in [3.05, 3.63) is 144 Å². The molecule has 1 aliphatic heterocycles. The first kappa shape index (κ1) is 48.1. The average molecular weight is 1020 g/mol. The number of Topliss-reactive ketones (excluding diaryl/α,β-unsaturated/α-hetero) is 1. The summed E-state index contributed by atoms with van der Waals surface area (Å²) in [4.78, 5) is 50.6. The van der Waals surface area contributed by atoms with Crippen molar-refractivity contribution in [3.63, 3.8) is 0 Å².